The Morgan fingerprint density at radius 2 is 2.12 bits per heavy atom. The highest BCUT2D eigenvalue weighted by Gasteiger charge is 2.12. The molecule has 3 N–H and O–H groups in total. The maximum Gasteiger partial charge on any atom is 0.238 e. The number of H-pyrrole nitrogens is 1. The lowest BCUT2D eigenvalue weighted by molar-refractivity contribution is 0.598. The number of nitrogens with two attached hydrogens (primary N) is 1. The molecule has 0 fully saturated rings. The van der Waals surface area contributed by atoms with Crippen LogP contribution in [0.2, 0.25) is 0 Å². The molecule has 4 nitrogen and oxygen atoms in total. The van der Waals surface area contributed by atoms with Crippen molar-refractivity contribution < 1.29 is 8.42 Å². The molecule has 0 saturated heterocycles. The van der Waals surface area contributed by atoms with Gasteiger partial charge in [-0.1, -0.05) is 15.9 Å². The van der Waals surface area contributed by atoms with E-state index in [9.17, 15) is 8.42 Å². The fraction of sp³-hybridized carbons (Fsp3) is 0.200. The van der Waals surface area contributed by atoms with Crippen LogP contribution in [-0.2, 0) is 16.4 Å². The Kier molecular flexibility index (Phi) is 3.05. The Morgan fingerprint density at radius 1 is 1.38 bits per heavy atom. The maximum absolute atomic E-state index is 11.3. The highest BCUT2D eigenvalue weighted by molar-refractivity contribution is 9.09. The highest BCUT2D eigenvalue weighted by Crippen LogP contribution is 2.22. The fourth-order valence-electron chi connectivity index (χ4n) is 1.68. The molecule has 2 rings (SSSR count). The van der Waals surface area contributed by atoms with E-state index in [1.165, 1.54) is 0 Å². The van der Waals surface area contributed by atoms with Crippen molar-refractivity contribution in [3.63, 3.8) is 0 Å². The summed E-state index contributed by atoms with van der Waals surface area (Å²) in [6.07, 6.45) is 2.54. The zero-order valence-electron chi connectivity index (χ0n) is 8.40. The van der Waals surface area contributed by atoms with Gasteiger partial charge in [0.1, 0.15) is 0 Å². The van der Waals surface area contributed by atoms with E-state index in [0.717, 1.165) is 28.2 Å². The lowest BCUT2D eigenvalue weighted by Gasteiger charge is -2.04. The van der Waals surface area contributed by atoms with Crippen LogP contribution in [0.1, 0.15) is 5.56 Å². The van der Waals surface area contributed by atoms with Crippen molar-refractivity contribution in [3.05, 3.63) is 30.0 Å². The molecule has 16 heavy (non-hydrogen) atoms. The average Bonchev–Trinajstić information content (AvgIpc) is 2.64. The maximum atomic E-state index is 11.3. The Hall–Kier alpha value is -0.850. The molecule has 0 bridgehead atoms. The van der Waals surface area contributed by atoms with E-state index in [0.29, 0.717) is 0 Å². The fourth-order valence-corrected chi connectivity index (χ4v) is 2.71. The van der Waals surface area contributed by atoms with Crippen LogP contribution in [0.4, 0.5) is 0 Å². The van der Waals surface area contributed by atoms with E-state index in [1.807, 2.05) is 6.07 Å². The van der Waals surface area contributed by atoms with Crippen LogP contribution in [-0.4, -0.2) is 18.7 Å². The lowest BCUT2D eigenvalue weighted by atomic mass is 10.1. The van der Waals surface area contributed by atoms with Crippen LogP contribution in [0, 0.1) is 0 Å². The van der Waals surface area contributed by atoms with Crippen molar-refractivity contribution in [2.75, 3.05) is 5.33 Å². The first-order chi connectivity index (χ1) is 7.52. The number of rotatable bonds is 3. The Morgan fingerprint density at radius 3 is 2.75 bits per heavy atom. The number of halogens is 1. The largest absolute Gasteiger partial charge is 0.361 e. The summed E-state index contributed by atoms with van der Waals surface area (Å²) in [4.78, 5) is 3.26. The molecule has 1 aromatic heterocycles. The Bertz CT molecular complexity index is 619. The first-order valence-corrected chi connectivity index (χ1v) is 7.38. The Labute approximate surface area is 102 Å². The van der Waals surface area contributed by atoms with Gasteiger partial charge in [0.2, 0.25) is 10.0 Å². The number of primary sulfonamides is 1. The summed E-state index contributed by atoms with van der Waals surface area (Å²) in [5.74, 6) is 0. The summed E-state index contributed by atoms with van der Waals surface area (Å²) in [5.41, 5.74) is 1.91. The van der Waals surface area contributed by atoms with Crippen LogP contribution >= 0.6 is 15.9 Å². The van der Waals surface area contributed by atoms with Gasteiger partial charge in [-0.2, -0.15) is 0 Å². The van der Waals surface area contributed by atoms with Gasteiger partial charge in [-0.05, 0) is 30.2 Å². The summed E-state index contributed by atoms with van der Waals surface area (Å²) in [5, 5.41) is 6.77. The quantitative estimate of drug-likeness (QED) is 0.848. The standard InChI is InChI=1S/C10H11BrN2O2S/c11-3-1-7-5-9(16(12,14)15)6-8-2-4-13-10(7)8/h2,4-6,13H,1,3H2,(H2,12,14,15). The molecule has 6 heteroatoms. The van der Waals surface area contributed by atoms with Crippen molar-refractivity contribution in [2.24, 2.45) is 5.14 Å². The molecule has 0 radical (unpaired) electrons. The highest BCUT2D eigenvalue weighted by atomic mass is 79.9. The third-order valence-electron chi connectivity index (χ3n) is 2.41. The number of benzene rings is 1. The van der Waals surface area contributed by atoms with E-state index in [1.54, 1.807) is 18.3 Å². The first kappa shape index (κ1) is 11.6. The first-order valence-electron chi connectivity index (χ1n) is 4.71. The second kappa shape index (κ2) is 4.20. The third-order valence-corrected chi connectivity index (χ3v) is 3.70. The van der Waals surface area contributed by atoms with Gasteiger partial charge in [-0.25, -0.2) is 13.6 Å². The average molecular weight is 303 g/mol. The van der Waals surface area contributed by atoms with Gasteiger partial charge in [-0.3, -0.25) is 0 Å². The molecule has 1 aromatic carbocycles. The second-order valence-corrected chi connectivity index (χ2v) is 5.86. The molecule has 1 heterocycles. The molecule has 0 spiro atoms. The van der Waals surface area contributed by atoms with E-state index < -0.39 is 10.0 Å². The van der Waals surface area contributed by atoms with Gasteiger partial charge >= 0.3 is 0 Å². The van der Waals surface area contributed by atoms with E-state index in [2.05, 4.69) is 20.9 Å². The zero-order chi connectivity index (χ0) is 11.8. The summed E-state index contributed by atoms with van der Waals surface area (Å²) >= 11 is 3.34. The minimum absolute atomic E-state index is 0.163. The van der Waals surface area contributed by atoms with E-state index in [-0.39, 0.29) is 4.90 Å². The van der Waals surface area contributed by atoms with Crippen molar-refractivity contribution in [3.8, 4) is 0 Å². The van der Waals surface area contributed by atoms with Crippen LogP contribution < -0.4 is 5.14 Å². The van der Waals surface area contributed by atoms with Gasteiger partial charge in [0, 0.05) is 22.4 Å². The molecule has 0 unspecified atom stereocenters. The monoisotopic (exact) mass is 302 g/mol. The SMILES string of the molecule is NS(=O)(=O)c1cc(CCBr)c2[nH]ccc2c1. The normalized spacial score (nSPS) is 12.1. The summed E-state index contributed by atoms with van der Waals surface area (Å²) < 4.78 is 22.6. The minimum Gasteiger partial charge on any atom is -0.361 e. The third kappa shape index (κ3) is 2.14. The lowest BCUT2D eigenvalue weighted by Crippen LogP contribution is -2.12. The molecule has 0 atom stereocenters. The van der Waals surface area contributed by atoms with Gasteiger partial charge in [0.15, 0.2) is 0 Å². The molecule has 0 aliphatic heterocycles. The number of aryl methyl sites for hydroxylation is 1. The minimum atomic E-state index is -3.64. The summed E-state index contributed by atoms with van der Waals surface area (Å²) in [6, 6.07) is 5.04. The van der Waals surface area contributed by atoms with Crippen molar-refractivity contribution in [1.29, 1.82) is 0 Å². The summed E-state index contributed by atoms with van der Waals surface area (Å²) in [7, 11) is -3.64. The van der Waals surface area contributed by atoms with Crippen molar-refractivity contribution in [1.82, 2.24) is 4.98 Å². The summed E-state index contributed by atoms with van der Waals surface area (Å²) in [6.45, 7) is 0. The number of hydrogen-bond donors (Lipinski definition) is 2. The predicted octanol–water partition coefficient (Wildman–Crippen LogP) is 1.75. The van der Waals surface area contributed by atoms with Crippen LogP contribution in [0.3, 0.4) is 0 Å². The molecular formula is C10H11BrN2O2S. The molecule has 2 aromatic rings. The zero-order valence-corrected chi connectivity index (χ0v) is 10.8. The van der Waals surface area contributed by atoms with Gasteiger partial charge in [0.05, 0.1) is 4.90 Å². The predicted molar refractivity (Wildman–Crippen MR) is 67.2 cm³/mol. The number of fused-ring (bicyclic) bond motifs is 1. The smallest absolute Gasteiger partial charge is 0.238 e. The molecule has 0 aliphatic carbocycles. The molecule has 86 valence electrons. The number of hydrogen-bond acceptors (Lipinski definition) is 2. The van der Waals surface area contributed by atoms with E-state index >= 15 is 0 Å². The molecule has 0 saturated carbocycles. The number of aromatic nitrogens is 1. The molecule has 0 aliphatic rings. The van der Waals surface area contributed by atoms with E-state index in [4.69, 9.17) is 5.14 Å². The topological polar surface area (TPSA) is 76.0 Å². The van der Waals surface area contributed by atoms with Gasteiger partial charge < -0.3 is 4.98 Å². The van der Waals surface area contributed by atoms with Crippen LogP contribution in [0.5, 0.6) is 0 Å². The van der Waals surface area contributed by atoms with Gasteiger partial charge in [-0.15, -0.1) is 0 Å². The van der Waals surface area contributed by atoms with Crippen LogP contribution in [0.15, 0.2) is 29.3 Å². The number of aromatic amines is 1. The number of nitrogens with one attached hydrogen (secondary N) is 1. The molecular weight excluding hydrogens is 292 g/mol. The van der Waals surface area contributed by atoms with Gasteiger partial charge in [0.25, 0.3) is 0 Å². The number of alkyl halides is 1. The second-order valence-electron chi connectivity index (χ2n) is 3.51. The van der Waals surface area contributed by atoms with Crippen molar-refractivity contribution >= 4 is 36.9 Å². The van der Waals surface area contributed by atoms with Crippen molar-refractivity contribution in [2.45, 2.75) is 11.3 Å². The van der Waals surface area contributed by atoms with Crippen LogP contribution in [0.25, 0.3) is 10.9 Å². The Balaban J connectivity index is 2.71. The number of sulfonamides is 1. The molecule has 0 amide bonds.